The van der Waals surface area contributed by atoms with Crippen molar-refractivity contribution in [1.29, 1.82) is 0 Å². The van der Waals surface area contributed by atoms with Gasteiger partial charge in [0.15, 0.2) is 23.2 Å². The molecule has 0 aromatic heterocycles. The highest BCUT2D eigenvalue weighted by atomic mass is 16.7. The number of nitrogens with zero attached hydrogens (tertiary/aromatic N) is 1. The van der Waals surface area contributed by atoms with Gasteiger partial charge in [-0.2, -0.15) is 0 Å². The summed E-state index contributed by atoms with van der Waals surface area (Å²) in [5.74, 6) is -0.579. The van der Waals surface area contributed by atoms with Crippen molar-refractivity contribution in [1.82, 2.24) is 0 Å². The lowest BCUT2D eigenvalue weighted by molar-refractivity contribution is -0.132. The van der Waals surface area contributed by atoms with Crippen molar-refractivity contribution in [3.05, 3.63) is 12.2 Å². The lowest BCUT2D eigenvalue weighted by Crippen LogP contribution is -2.39. The van der Waals surface area contributed by atoms with Crippen LogP contribution in [0.2, 0.25) is 0 Å². The molecular weight excluding hydrogens is 214 g/mol. The van der Waals surface area contributed by atoms with Crippen molar-refractivity contribution >= 4 is 17.5 Å². The van der Waals surface area contributed by atoms with Crippen molar-refractivity contribution in [3.63, 3.8) is 0 Å². The summed E-state index contributed by atoms with van der Waals surface area (Å²) in [6.45, 7) is 0. The zero-order valence-corrected chi connectivity index (χ0v) is 8.50. The van der Waals surface area contributed by atoms with Gasteiger partial charge in [0.2, 0.25) is 0 Å². The van der Waals surface area contributed by atoms with Crippen LogP contribution >= 0.6 is 0 Å². The fourth-order valence-corrected chi connectivity index (χ4v) is 2.05. The van der Waals surface area contributed by atoms with Gasteiger partial charge in [-0.05, 0) is 12.2 Å². The van der Waals surface area contributed by atoms with Crippen molar-refractivity contribution in [3.8, 4) is 0 Å². The first-order valence-corrected chi connectivity index (χ1v) is 4.88. The number of hydrogen-bond acceptors (Lipinski definition) is 6. The first-order valence-electron chi connectivity index (χ1n) is 4.88. The van der Waals surface area contributed by atoms with E-state index in [1.54, 1.807) is 6.08 Å². The third-order valence-electron chi connectivity index (χ3n) is 2.97. The molecule has 3 aliphatic rings. The van der Waals surface area contributed by atoms with E-state index in [4.69, 9.17) is 9.57 Å². The second kappa shape index (κ2) is 2.91. The molecule has 0 saturated carbocycles. The second-order valence-electron chi connectivity index (χ2n) is 3.97. The van der Waals surface area contributed by atoms with Gasteiger partial charge in [0.05, 0.1) is 7.11 Å². The highest BCUT2D eigenvalue weighted by molar-refractivity contribution is 6.37. The van der Waals surface area contributed by atoms with E-state index in [0.717, 1.165) is 0 Å². The van der Waals surface area contributed by atoms with Crippen molar-refractivity contribution in [2.24, 2.45) is 5.16 Å². The van der Waals surface area contributed by atoms with E-state index in [1.807, 2.05) is 0 Å². The Balaban J connectivity index is 1.82. The Bertz CT molecular complexity index is 440. The summed E-state index contributed by atoms with van der Waals surface area (Å²) in [5, 5.41) is 3.69. The minimum absolute atomic E-state index is 0.0641. The van der Waals surface area contributed by atoms with Crippen LogP contribution in [-0.4, -0.2) is 42.4 Å². The van der Waals surface area contributed by atoms with Gasteiger partial charge in [-0.25, -0.2) is 4.79 Å². The Hall–Kier alpha value is -1.69. The van der Waals surface area contributed by atoms with E-state index in [1.165, 1.54) is 13.2 Å². The lowest BCUT2D eigenvalue weighted by Gasteiger charge is -2.21. The van der Waals surface area contributed by atoms with Gasteiger partial charge in [0, 0.05) is 6.42 Å². The van der Waals surface area contributed by atoms with Gasteiger partial charge < -0.3 is 14.3 Å². The molecule has 0 bridgehead atoms. The number of esters is 1. The summed E-state index contributed by atoms with van der Waals surface area (Å²) in [6, 6.07) is 0. The molecule has 3 atom stereocenters. The molecule has 0 amide bonds. The van der Waals surface area contributed by atoms with Crippen LogP contribution < -0.4 is 0 Å². The smallest absolute Gasteiger partial charge is 0.356 e. The Kier molecular flexibility index (Phi) is 1.74. The molecule has 3 unspecified atom stereocenters. The van der Waals surface area contributed by atoms with E-state index in [0.29, 0.717) is 0 Å². The van der Waals surface area contributed by atoms with Gasteiger partial charge in [-0.1, -0.05) is 5.16 Å². The zero-order valence-electron chi connectivity index (χ0n) is 8.50. The minimum Gasteiger partial charge on any atom is -0.464 e. The van der Waals surface area contributed by atoms with Crippen LogP contribution in [0.25, 0.3) is 0 Å². The number of ether oxygens (including phenoxy) is 2. The molecule has 1 fully saturated rings. The zero-order chi connectivity index (χ0) is 11.3. The number of ketones is 1. The molecule has 0 aromatic rings. The van der Waals surface area contributed by atoms with Gasteiger partial charge in [-0.15, -0.1) is 0 Å². The van der Waals surface area contributed by atoms with E-state index in [-0.39, 0.29) is 24.0 Å². The lowest BCUT2D eigenvalue weighted by atomic mass is 9.86. The molecule has 16 heavy (non-hydrogen) atoms. The molecule has 6 nitrogen and oxygen atoms in total. The molecule has 0 radical (unpaired) electrons. The average Bonchev–Trinajstić information content (AvgIpc) is 3.01. The maximum Gasteiger partial charge on any atom is 0.356 e. The van der Waals surface area contributed by atoms with Gasteiger partial charge >= 0.3 is 5.97 Å². The van der Waals surface area contributed by atoms with Crippen molar-refractivity contribution in [2.45, 2.75) is 24.2 Å². The molecule has 6 heteroatoms. The van der Waals surface area contributed by atoms with E-state index in [9.17, 15) is 9.59 Å². The van der Waals surface area contributed by atoms with Crippen LogP contribution in [0.1, 0.15) is 6.42 Å². The Labute approximate surface area is 90.8 Å². The number of carbonyl (C=O) groups excluding carboxylic acids is 2. The number of hydrogen-bond donors (Lipinski definition) is 0. The molecule has 2 heterocycles. The fraction of sp³-hybridized carbons (Fsp3) is 0.500. The van der Waals surface area contributed by atoms with Crippen molar-refractivity contribution in [2.75, 3.05) is 7.11 Å². The number of carbonyl (C=O) groups is 2. The largest absolute Gasteiger partial charge is 0.464 e. The van der Waals surface area contributed by atoms with E-state index < -0.39 is 17.7 Å². The van der Waals surface area contributed by atoms with Gasteiger partial charge in [0.25, 0.3) is 0 Å². The topological polar surface area (TPSA) is 77.5 Å². The normalized spacial score (nSPS) is 39.1. The Morgan fingerprint density at radius 3 is 3.25 bits per heavy atom. The molecule has 2 aliphatic heterocycles. The summed E-state index contributed by atoms with van der Waals surface area (Å²) in [7, 11) is 1.28. The summed E-state index contributed by atoms with van der Waals surface area (Å²) in [4.78, 5) is 27.8. The number of fused-ring (bicyclic) bond motifs is 2. The second-order valence-corrected chi connectivity index (χ2v) is 3.97. The van der Waals surface area contributed by atoms with E-state index in [2.05, 4.69) is 9.89 Å². The SMILES string of the molecule is COC(=O)C1=NOC2(C=CC(=O)C3OC32)C1. The molecule has 1 aliphatic carbocycles. The molecule has 1 saturated heterocycles. The summed E-state index contributed by atoms with van der Waals surface area (Å²) in [5.41, 5.74) is -0.571. The van der Waals surface area contributed by atoms with Crippen LogP contribution in [0.15, 0.2) is 17.3 Å². The maximum atomic E-state index is 11.3. The number of epoxide rings is 1. The predicted molar refractivity (Wildman–Crippen MR) is 50.7 cm³/mol. The number of oxime groups is 1. The van der Waals surface area contributed by atoms with Crippen molar-refractivity contribution < 1.29 is 23.9 Å². The maximum absolute atomic E-state index is 11.3. The summed E-state index contributed by atoms with van der Waals surface area (Å²) < 4.78 is 9.78. The molecular formula is C10H9NO5. The molecule has 0 aromatic carbocycles. The average molecular weight is 223 g/mol. The highest BCUT2D eigenvalue weighted by Crippen LogP contribution is 2.44. The number of rotatable bonds is 1. The Morgan fingerprint density at radius 2 is 2.50 bits per heavy atom. The number of methoxy groups -OCH3 is 1. The van der Waals surface area contributed by atoms with Crippen LogP contribution in [0.4, 0.5) is 0 Å². The standard InChI is InChI=1S/C10H9NO5/c1-14-9(13)5-4-10(16-11-5)3-2-6(12)7-8(10)15-7/h2-3,7-8H,4H2,1H3. The van der Waals surface area contributed by atoms with Crippen LogP contribution in [0.3, 0.4) is 0 Å². The van der Waals surface area contributed by atoms with Gasteiger partial charge in [-0.3, -0.25) is 4.79 Å². The summed E-state index contributed by atoms with van der Waals surface area (Å²) in [6.07, 6.45) is 2.56. The minimum atomic E-state index is -0.790. The summed E-state index contributed by atoms with van der Waals surface area (Å²) >= 11 is 0. The molecule has 84 valence electrons. The van der Waals surface area contributed by atoms with Crippen LogP contribution in [-0.2, 0) is 23.9 Å². The Morgan fingerprint density at radius 1 is 1.69 bits per heavy atom. The highest BCUT2D eigenvalue weighted by Gasteiger charge is 2.63. The van der Waals surface area contributed by atoms with Gasteiger partial charge in [0.1, 0.15) is 6.10 Å². The molecule has 1 spiro atoms. The fourth-order valence-electron chi connectivity index (χ4n) is 2.05. The first kappa shape index (κ1) is 9.53. The van der Waals surface area contributed by atoms with Crippen LogP contribution in [0.5, 0.6) is 0 Å². The third kappa shape index (κ3) is 1.13. The monoisotopic (exact) mass is 223 g/mol. The van der Waals surface area contributed by atoms with Crippen LogP contribution in [0, 0.1) is 0 Å². The molecule has 0 N–H and O–H groups in total. The predicted octanol–water partition coefficient (Wildman–Crippen LogP) is -0.419. The van der Waals surface area contributed by atoms with E-state index >= 15 is 0 Å². The first-order chi connectivity index (χ1) is 7.66. The molecule has 3 rings (SSSR count). The third-order valence-corrected chi connectivity index (χ3v) is 2.97. The quantitative estimate of drug-likeness (QED) is 0.445.